The van der Waals surface area contributed by atoms with Gasteiger partial charge < -0.3 is 0 Å². The number of nitrogens with zero attached hydrogens (tertiary/aromatic N) is 1. The first-order chi connectivity index (χ1) is 18.1. The Bertz CT molecular complexity index is 1820. The van der Waals surface area contributed by atoms with Crippen LogP contribution in [0.2, 0.25) is 0 Å². The molecule has 0 aliphatic heterocycles. The van der Waals surface area contributed by atoms with Gasteiger partial charge in [-0.2, -0.15) is 0 Å². The highest BCUT2D eigenvalue weighted by Gasteiger charge is 2.22. The number of hydrogen-bond donors (Lipinski definition) is 0. The van der Waals surface area contributed by atoms with Gasteiger partial charge in [0.2, 0.25) is 0 Å². The fourth-order valence-electron chi connectivity index (χ4n) is 5.85. The minimum absolute atomic E-state index is 0.0410. The molecule has 3 aromatic heterocycles. The van der Waals surface area contributed by atoms with Crippen LogP contribution in [0.3, 0.4) is 0 Å². The van der Waals surface area contributed by atoms with Crippen LogP contribution in [0.5, 0.6) is 0 Å². The number of aromatic nitrogens is 1. The highest BCUT2D eigenvalue weighted by molar-refractivity contribution is 7.23. The molecule has 0 aliphatic rings. The summed E-state index contributed by atoms with van der Waals surface area (Å²) in [4.78, 5) is 7.82. The first kappa shape index (κ1) is 25.3. The van der Waals surface area contributed by atoms with Crippen molar-refractivity contribution >= 4 is 53.6 Å². The molecule has 3 heterocycles. The van der Waals surface area contributed by atoms with Crippen molar-refractivity contribution in [3.8, 4) is 21.7 Å². The summed E-state index contributed by atoms with van der Waals surface area (Å²) in [6.07, 6.45) is 3.11. The van der Waals surface area contributed by atoms with E-state index in [1.165, 1.54) is 68.5 Å². The molecule has 3 heteroatoms. The third-order valence-electron chi connectivity index (χ3n) is 7.67. The normalized spacial score (nSPS) is 12.4. The Balaban J connectivity index is 1.61. The van der Waals surface area contributed by atoms with E-state index in [0.29, 0.717) is 5.92 Å². The second-order valence-electron chi connectivity index (χ2n) is 12.0. The van der Waals surface area contributed by atoms with Crippen LogP contribution in [0.25, 0.3) is 52.6 Å². The Labute approximate surface area is 234 Å². The van der Waals surface area contributed by atoms with Gasteiger partial charge >= 0.3 is 0 Å². The van der Waals surface area contributed by atoms with Gasteiger partial charge in [-0.25, -0.2) is 0 Å². The van der Waals surface area contributed by atoms with Gasteiger partial charge in [0.15, 0.2) is 0 Å². The van der Waals surface area contributed by atoms with Crippen molar-refractivity contribution in [3.05, 3.63) is 88.4 Å². The first-order valence-corrected chi connectivity index (χ1v) is 15.2. The maximum atomic E-state index is 4.99. The summed E-state index contributed by atoms with van der Waals surface area (Å²) >= 11 is 3.85. The molecule has 0 radical (unpaired) electrons. The largest absolute Gasteiger partial charge is 0.255 e. The van der Waals surface area contributed by atoms with Crippen LogP contribution in [0, 0.1) is 19.8 Å². The molecular weight excluding hydrogens is 499 g/mol. The Kier molecular flexibility index (Phi) is 6.20. The minimum Gasteiger partial charge on any atom is -0.255 e. The number of aryl methyl sites for hydroxylation is 2. The van der Waals surface area contributed by atoms with E-state index in [4.69, 9.17) is 4.98 Å². The van der Waals surface area contributed by atoms with Crippen molar-refractivity contribution in [1.82, 2.24) is 4.98 Å². The Hall–Kier alpha value is -3.01. The van der Waals surface area contributed by atoms with Crippen LogP contribution in [0.4, 0.5) is 0 Å². The average molecular weight is 534 g/mol. The lowest BCUT2D eigenvalue weighted by molar-refractivity contribution is 0.596. The van der Waals surface area contributed by atoms with E-state index in [9.17, 15) is 0 Å². The fraction of sp³-hybridized carbons (Fsp3) is 0.286. The smallest absolute Gasteiger partial charge is 0.0880 e. The predicted octanol–water partition coefficient (Wildman–Crippen LogP) is 11.1. The summed E-state index contributed by atoms with van der Waals surface area (Å²) in [7, 11) is 0. The van der Waals surface area contributed by atoms with Gasteiger partial charge in [0, 0.05) is 37.2 Å². The molecule has 0 saturated carbocycles. The van der Waals surface area contributed by atoms with Crippen molar-refractivity contribution in [2.45, 2.75) is 60.3 Å². The molecule has 0 aliphatic carbocycles. The van der Waals surface area contributed by atoms with E-state index >= 15 is 0 Å². The lowest BCUT2D eigenvalue weighted by Crippen LogP contribution is -2.12. The molecule has 3 aromatic carbocycles. The van der Waals surface area contributed by atoms with Crippen LogP contribution < -0.4 is 0 Å². The van der Waals surface area contributed by atoms with Crippen molar-refractivity contribution in [3.63, 3.8) is 0 Å². The third kappa shape index (κ3) is 4.17. The molecule has 0 spiro atoms. The fourth-order valence-corrected chi connectivity index (χ4v) is 8.32. The van der Waals surface area contributed by atoms with Gasteiger partial charge in [0.1, 0.15) is 0 Å². The van der Waals surface area contributed by atoms with Gasteiger partial charge in [-0.05, 0) is 88.7 Å². The van der Waals surface area contributed by atoms with E-state index < -0.39 is 0 Å². The maximum Gasteiger partial charge on any atom is 0.0880 e. The van der Waals surface area contributed by atoms with Crippen LogP contribution in [0.1, 0.15) is 56.2 Å². The molecule has 0 saturated heterocycles. The number of pyridine rings is 1. The summed E-state index contributed by atoms with van der Waals surface area (Å²) in [6, 6.07) is 22.5. The number of benzene rings is 3. The Morgan fingerprint density at radius 1 is 0.868 bits per heavy atom. The van der Waals surface area contributed by atoms with E-state index in [2.05, 4.69) is 109 Å². The van der Waals surface area contributed by atoms with Gasteiger partial charge in [0.25, 0.3) is 0 Å². The Morgan fingerprint density at radius 2 is 1.66 bits per heavy atom. The van der Waals surface area contributed by atoms with Crippen molar-refractivity contribution < 1.29 is 0 Å². The summed E-state index contributed by atoms with van der Waals surface area (Å²) in [5, 5.41) is 5.37. The van der Waals surface area contributed by atoms with E-state index in [0.717, 1.165) is 12.1 Å². The summed E-state index contributed by atoms with van der Waals surface area (Å²) in [5.74, 6) is 0.628. The highest BCUT2D eigenvalue weighted by atomic mass is 32.1. The monoisotopic (exact) mass is 533 g/mol. The number of rotatable bonds is 4. The van der Waals surface area contributed by atoms with E-state index in [1.807, 2.05) is 28.9 Å². The summed E-state index contributed by atoms with van der Waals surface area (Å²) in [6.45, 7) is 16.1. The maximum absolute atomic E-state index is 4.99. The zero-order valence-electron chi connectivity index (χ0n) is 23.4. The zero-order valence-corrected chi connectivity index (χ0v) is 25.0. The molecular formula is C35H35NS2. The second-order valence-corrected chi connectivity index (χ2v) is 14.3. The number of hydrogen-bond acceptors (Lipinski definition) is 3. The molecule has 0 N–H and O–H groups in total. The predicted molar refractivity (Wildman–Crippen MR) is 170 cm³/mol. The standard InChI is InChI=1S/C35H35NS2/c1-20(2)17-28-22(4)37-30-14-10-13-27(31(28)30)33-21(3)25-15-16-36-32(34(25)38-33)24-18-23-11-8-9-12-26(23)29(19-24)35(5,6)7/h8-16,18-20H,17H2,1-7H3. The molecule has 6 aromatic rings. The number of fused-ring (bicyclic) bond motifs is 3. The second kappa shape index (κ2) is 9.32. The quantitative estimate of drug-likeness (QED) is 0.220. The Morgan fingerprint density at radius 3 is 2.42 bits per heavy atom. The topological polar surface area (TPSA) is 12.9 Å². The van der Waals surface area contributed by atoms with Gasteiger partial charge in [-0.1, -0.05) is 71.0 Å². The minimum atomic E-state index is 0.0410. The van der Waals surface area contributed by atoms with Crippen LogP contribution in [-0.4, -0.2) is 4.98 Å². The highest BCUT2D eigenvalue weighted by Crippen LogP contribution is 2.47. The van der Waals surface area contributed by atoms with Gasteiger partial charge in [-0.3, -0.25) is 4.98 Å². The van der Waals surface area contributed by atoms with Crippen molar-refractivity contribution in [2.24, 2.45) is 5.92 Å². The van der Waals surface area contributed by atoms with Crippen LogP contribution >= 0.6 is 22.7 Å². The molecule has 0 atom stereocenters. The van der Waals surface area contributed by atoms with Gasteiger partial charge in [-0.15, -0.1) is 22.7 Å². The van der Waals surface area contributed by atoms with Crippen LogP contribution in [0.15, 0.2) is 66.9 Å². The lowest BCUT2D eigenvalue weighted by Gasteiger charge is -2.22. The molecule has 1 nitrogen and oxygen atoms in total. The summed E-state index contributed by atoms with van der Waals surface area (Å²) in [5.41, 5.74) is 7.97. The van der Waals surface area contributed by atoms with Gasteiger partial charge in [0.05, 0.1) is 10.4 Å². The lowest BCUT2D eigenvalue weighted by atomic mass is 9.82. The van der Waals surface area contributed by atoms with Crippen LogP contribution in [-0.2, 0) is 11.8 Å². The molecule has 0 unspecified atom stereocenters. The molecule has 38 heavy (non-hydrogen) atoms. The molecule has 0 amide bonds. The molecule has 0 fully saturated rings. The first-order valence-electron chi connectivity index (χ1n) is 13.6. The molecule has 0 bridgehead atoms. The van der Waals surface area contributed by atoms with E-state index in [1.54, 1.807) is 0 Å². The molecule has 192 valence electrons. The zero-order chi connectivity index (χ0) is 26.8. The SMILES string of the molecule is Cc1sc2cccc(-c3sc4c(-c5cc(C(C)(C)C)c6ccccc6c5)nccc4c3C)c2c1CC(C)C. The van der Waals surface area contributed by atoms with Crippen molar-refractivity contribution in [2.75, 3.05) is 0 Å². The third-order valence-corrected chi connectivity index (χ3v) is 10.1. The molecule has 6 rings (SSSR count). The number of thiophene rings is 2. The van der Waals surface area contributed by atoms with E-state index in [-0.39, 0.29) is 5.41 Å². The summed E-state index contributed by atoms with van der Waals surface area (Å²) < 4.78 is 2.68. The van der Waals surface area contributed by atoms with Crippen molar-refractivity contribution in [1.29, 1.82) is 0 Å². The average Bonchev–Trinajstić information content (AvgIpc) is 3.38.